The van der Waals surface area contributed by atoms with Crippen LogP contribution in [0.5, 0.6) is 5.75 Å². The summed E-state index contributed by atoms with van der Waals surface area (Å²) in [6, 6.07) is 3.10. The van der Waals surface area contributed by atoms with Crippen LogP contribution in [0.4, 0.5) is 0 Å². The molecule has 112 valence electrons. The first kappa shape index (κ1) is 17.6. The zero-order valence-corrected chi connectivity index (χ0v) is 15.5. The Labute approximate surface area is 156 Å². The van der Waals surface area contributed by atoms with Crippen molar-refractivity contribution in [2.24, 2.45) is 0 Å². The zero-order valence-electron chi connectivity index (χ0n) is 10.2. The van der Waals surface area contributed by atoms with E-state index in [0.717, 1.165) is 0 Å². The fourth-order valence-electron chi connectivity index (χ4n) is 1.72. The lowest BCUT2D eigenvalue weighted by Crippen LogP contribution is -1.91. The largest absolute Gasteiger partial charge is 0.494 e. The van der Waals surface area contributed by atoms with E-state index in [0.29, 0.717) is 11.1 Å². The quantitative estimate of drug-likeness (QED) is 0.351. The third-order valence-corrected chi connectivity index (χ3v) is 5.61. The summed E-state index contributed by atoms with van der Waals surface area (Å²) < 4.78 is 5.16. The number of hydrogen-bond acceptors (Lipinski definition) is 1. The Balaban J connectivity index is 2.83. The van der Waals surface area contributed by atoms with E-state index >= 15 is 0 Å². The highest BCUT2D eigenvalue weighted by atomic mass is 35.5. The highest BCUT2D eigenvalue weighted by Gasteiger charge is 2.21. The van der Waals surface area contributed by atoms with E-state index in [-0.39, 0.29) is 40.9 Å². The van der Waals surface area contributed by atoms with Crippen LogP contribution in [0, 0.1) is 0 Å². The zero-order chi connectivity index (χ0) is 15.9. The standard InChI is InChI=1S/C13H5Cl7O/c1-21-13-9(17)5(3-7(15)11(13)19)4-2-6(14)10(18)12(20)8(4)16/h2-3H,1H3. The van der Waals surface area contributed by atoms with Crippen LogP contribution in [-0.2, 0) is 0 Å². The topological polar surface area (TPSA) is 9.23 Å². The van der Waals surface area contributed by atoms with Gasteiger partial charge >= 0.3 is 0 Å². The molecule has 0 saturated heterocycles. The van der Waals surface area contributed by atoms with Crippen LogP contribution in [0.2, 0.25) is 35.2 Å². The van der Waals surface area contributed by atoms with Gasteiger partial charge in [-0.3, -0.25) is 0 Å². The molecule has 21 heavy (non-hydrogen) atoms. The minimum absolute atomic E-state index is 0.127. The number of methoxy groups -OCH3 is 1. The first-order valence-electron chi connectivity index (χ1n) is 5.34. The van der Waals surface area contributed by atoms with E-state index in [1.807, 2.05) is 0 Å². The molecule has 0 saturated carbocycles. The summed E-state index contributed by atoms with van der Waals surface area (Å²) in [7, 11) is 1.43. The van der Waals surface area contributed by atoms with Gasteiger partial charge in [-0.15, -0.1) is 0 Å². The number of ether oxygens (including phenoxy) is 1. The molecule has 1 nitrogen and oxygen atoms in total. The summed E-state index contributed by atoms with van der Waals surface area (Å²) in [6.07, 6.45) is 0. The summed E-state index contributed by atoms with van der Waals surface area (Å²) in [5, 5.41) is 1.43. The Bertz CT molecular complexity index is 727. The van der Waals surface area contributed by atoms with Gasteiger partial charge in [-0.1, -0.05) is 81.2 Å². The predicted molar refractivity (Wildman–Crippen MR) is 93.5 cm³/mol. The van der Waals surface area contributed by atoms with Crippen molar-refractivity contribution in [3.8, 4) is 16.9 Å². The molecule has 0 spiro atoms. The normalized spacial score (nSPS) is 10.9. The van der Waals surface area contributed by atoms with E-state index in [9.17, 15) is 0 Å². The summed E-state index contributed by atoms with van der Waals surface area (Å²) >= 11 is 42.6. The molecule has 2 rings (SSSR count). The lowest BCUT2D eigenvalue weighted by Gasteiger charge is -2.15. The van der Waals surface area contributed by atoms with Crippen molar-refractivity contribution in [1.82, 2.24) is 0 Å². The van der Waals surface area contributed by atoms with Gasteiger partial charge in [-0.25, -0.2) is 0 Å². The summed E-state index contributed by atoms with van der Waals surface area (Å²) in [5.41, 5.74) is 0.950. The van der Waals surface area contributed by atoms with E-state index in [1.54, 1.807) is 12.1 Å². The molecule has 0 amide bonds. The van der Waals surface area contributed by atoms with Crippen LogP contribution in [0.1, 0.15) is 0 Å². The van der Waals surface area contributed by atoms with Crippen molar-refractivity contribution < 1.29 is 4.74 Å². The van der Waals surface area contributed by atoms with Crippen molar-refractivity contribution in [2.75, 3.05) is 7.11 Å². The van der Waals surface area contributed by atoms with Gasteiger partial charge in [0.05, 0.1) is 37.2 Å². The lowest BCUT2D eigenvalue weighted by atomic mass is 10.0. The van der Waals surface area contributed by atoms with Crippen LogP contribution in [-0.4, -0.2) is 7.11 Å². The monoisotopic (exact) mass is 422 g/mol. The van der Waals surface area contributed by atoms with Crippen LogP contribution >= 0.6 is 81.2 Å². The van der Waals surface area contributed by atoms with Gasteiger partial charge in [0.2, 0.25) is 0 Å². The van der Waals surface area contributed by atoms with Gasteiger partial charge in [0.1, 0.15) is 5.02 Å². The number of hydrogen-bond donors (Lipinski definition) is 0. The van der Waals surface area contributed by atoms with Gasteiger partial charge in [-0.2, -0.15) is 0 Å². The SMILES string of the molecule is COc1c(Cl)c(Cl)cc(-c2cc(Cl)c(Cl)c(Cl)c2Cl)c1Cl. The van der Waals surface area contributed by atoms with Gasteiger partial charge in [-0.05, 0) is 12.1 Å². The van der Waals surface area contributed by atoms with Gasteiger partial charge in [0, 0.05) is 11.1 Å². The molecule has 8 heteroatoms. The number of halogens is 7. The second kappa shape index (κ2) is 6.80. The molecule has 0 bridgehead atoms. The van der Waals surface area contributed by atoms with Crippen LogP contribution < -0.4 is 4.74 Å². The average Bonchev–Trinajstić information content (AvgIpc) is 2.45. The Morgan fingerprint density at radius 1 is 0.619 bits per heavy atom. The van der Waals surface area contributed by atoms with Crippen molar-refractivity contribution in [1.29, 1.82) is 0 Å². The van der Waals surface area contributed by atoms with E-state index in [1.165, 1.54) is 7.11 Å². The molecule has 2 aromatic rings. The van der Waals surface area contributed by atoms with Crippen LogP contribution in [0.15, 0.2) is 12.1 Å². The van der Waals surface area contributed by atoms with Crippen molar-refractivity contribution in [2.45, 2.75) is 0 Å². The Hall–Kier alpha value is 0.270. The van der Waals surface area contributed by atoms with Gasteiger partial charge < -0.3 is 4.74 Å². The smallest absolute Gasteiger partial charge is 0.158 e. The summed E-state index contributed by atoms with van der Waals surface area (Å²) in [6.45, 7) is 0. The van der Waals surface area contributed by atoms with Gasteiger partial charge in [0.15, 0.2) is 5.75 Å². The predicted octanol–water partition coefficient (Wildman–Crippen LogP) is 7.94. The molecular weight excluding hydrogens is 420 g/mol. The van der Waals surface area contributed by atoms with Gasteiger partial charge in [0.25, 0.3) is 0 Å². The molecule has 0 heterocycles. The molecule has 0 aliphatic carbocycles. The fourth-order valence-corrected chi connectivity index (χ4v) is 3.43. The molecule has 0 aliphatic heterocycles. The average molecular weight is 425 g/mol. The summed E-state index contributed by atoms with van der Waals surface area (Å²) in [5.74, 6) is 0.235. The molecule has 2 aromatic carbocycles. The molecule has 0 aliphatic rings. The Morgan fingerprint density at radius 2 is 1.10 bits per heavy atom. The molecule has 0 N–H and O–H groups in total. The van der Waals surface area contributed by atoms with Crippen LogP contribution in [0.25, 0.3) is 11.1 Å². The minimum atomic E-state index is 0.127. The van der Waals surface area contributed by atoms with Crippen molar-refractivity contribution >= 4 is 81.2 Å². The van der Waals surface area contributed by atoms with Crippen molar-refractivity contribution in [3.63, 3.8) is 0 Å². The van der Waals surface area contributed by atoms with Crippen LogP contribution in [0.3, 0.4) is 0 Å². The molecule has 0 radical (unpaired) electrons. The molecule has 0 atom stereocenters. The molecular formula is C13H5Cl7O. The van der Waals surface area contributed by atoms with E-state index in [2.05, 4.69) is 0 Å². The Kier molecular flexibility index (Phi) is 5.71. The Morgan fingerprint density at radius 3 is 1.62 bits per heavy atom. The maximum Gasteiger partial charge on any atom is 0.158 e. The highest BCUT2D eigenvalue weighted by Crippen LogP contribution is 2.49. The second-order valence-corrected chi connectivity index (χ2v) is 6.62. The molecule has 0 fully saturated rings. The lowest BCUT2D eigenvalue weighted by molar-refractivity contribution is 0.415. The molecule has 0 aromatic heterocycles. The maximum absolute atomic E-state index is 6.29. The maximum atomic E-state index is 6.29. The minimum Gasteiger partial charge on any atom is -0.494 e. The first-order valence-corrected chi connectivity index (χ1v) is 7.99. The number of rotatable bonds is 2. The first-order chi connectivity index (χ1) is 9.79. The fraction of sp³-hybridized carbons (Fsp3) is 0.0769. The van der Waals surface area contributed by atoms with E-state index in [4.69, 9.17) is 85.9 Å². The number of benzene rings is 2. The third kappa shape index (κ3) is 3.16. The van der Waals surface area contributed by atoms with Crippen molar-refractivity contribution in [3.05, 3.63) is 47.3 Å². The summed E-state index contributed by atoms with van der Waals surface area (Å²) in [4.78, 5) is 0. The highest BCUT2D eigenvalue weighted by molar-refractivity contribution is 6.53. The third-order valence-electron chi connectivity index (χ3n) is 2.71. The molecule has 0 unspecified atom stereocenters. The second-order valence-electron chi connectivity index (χ2n) is 3.92. The van der Waals surface area contributed by atoms with E-state index < -0.39 is 0 Å².